The molecule has 0 aromatic carbocycles. The molecule has 0 saturated carbocycles. The van der Waals surface area contributed by atoms with Crippen LogP contribution < -0.4 is 5.32 Å². The van der Waals surface area contributed by atoms with E-state index in [1.807, 2.05) is 0 Å². The molecule has 0 radical (unpaired) electrons. The Bertz CT molecular complexity index is 203. The zero-order chi connectivity index (χ0) is 12.6. The van der Waals surface area contributed by atoms with Crippen molar-refractivity contribution in [3.8, 4) is 0 Å². The Labute approximate surface area is 97.4 Å². The molecule has 96 valence electrons. The number of hydrogen-bond donors (Lipinski definition) is 3. The van der Waals surface area contributed by atoms with Crippen molar-refractivity contribution >= 4 is 5.97 Å². The van der Waals surface area contributed by atoms with E-state index in [1.165, 1.54) is 6.92 Å². The summed E-state index contributed by atoms with van der Waals surface area (Å²) in [6.07, 6.45) is 0.956. The SMILES string of the molecule is CCN(CC)CCCNCC(C)(O)C(=O)O. The Balaban J connectivity index is 3.57. The molecule has 0 rings (SSSR count). The van der Waals surface area contributed by atoms with E-state index in [0.29, 0.717) is 0 Å². The molecule has 3 N–H and O–H groups in total. The molecule has 0 fully saturated rings. The van der Waals surface area contributed by atoms with Gasteiger partial charge in [0.15, 0.2) is 5.60 Å². The van der Waals surface area contributed by atoms with Gasteiger partial charge in [-0.25, -0.2) is 4.79 Å². The number of carboxylic acids is 1. The first-order valence-corrected chi connectivity index (χ1v) is 5.82. The van der Waals surface area contributed by atoms with E-state index >= 15 is 0 Å². The summed E-state index contributed by atoms with van der Waals surface area (Å²) >= 11 is 0. The number of aliphatic hydroxyl groups is 1. The number of nitrogens with zero attached hydrogens (tertiary/aromatic N) is 1. The zero-order valence-electron chi connectivity index (χ0n) is 10.5. The first kappa shape index (κ1) is 15.3. The second kappa shape index (κ2) is 7.60. The molecule has 0 saturated heterocycles. The lowest BCUT2D eigenvalue weighted by atomic mass is 10.1. The molecule has 0 aliphatic rings. The standard InChI is InChI=1S/C11H24N2O3/c1-4-13(5-2)8-6-7-12-9-11(3,16)10(14)15/h12,16H,4-9H2,1-3H3,(H,14,15). The van der Waals surface area contributed by atoms with Gasteiger partial charge in [-0.05, 0) is 39.5 Å². The summed E-state index contributed by atoms with van der Waals surface area (Å²) in [6, 6.07) is 0. The monoisotopic (exact) mass is 232 g/mol. The van der Waals surface area contributed by atoms with Crippen LogP contribution in [0.1, 0.15) is 27.2 Å². The van der Waals surface area contributed by atoms with Crippen LogP contribution in [0.4, 0.5) is 0 Å². The molecule has 5 nitrogen and oxygen atoms in total. The van der Waals surface area contributed by atoms with Crippen molar-refractivity contribution in [2.24, 2.45) is 0 Å². The van der Waals surface area contributed by atoms with Crippen molar-refractivity contribution in [3.63, 3.8) is 0 Å². The predicted octanol–water partition coefficient (Wildman–Crippen LogP) is 0.144. The quantitative estimate of drug-likeness (QED) is 0.493. The van der Waals surface area contributed by atoms with Crippen LogP contribution in [0.25, 0.3) is 0 Å². The van der Waals surface area contributed by atoms with Gasteiger partial charge in [-0.15, -0.1) is 0 Å². The molecule has 0 aliphatic carbocycles. The Hall–Kier alpha value is -0.650. The number of nitrogens with one attached hydrogen (secondary N) is 1. The van der Waals surface area contributed by atoms with Gasteiger partial charge < -0.3 is 20.4 Å². The minimum atomic E-state index is -1.67. The van der Waals surface area contributed by atoms with Crippen LogP contribution in [0.15, 0.2) is 0 Å². The number of rotatable bonds is 9. The van der Waals surface area contributed by atoms with Gasteiger partial charge >= 0.3 is 5.97 Å². The fraction of sp³-hybridized carbons (Fsp3) is 0.909. The van der Waals surface area contributed by atoms with Gasteiger partial charge in [-0.2, -0.15) is 0 Å². The van der Waals surface area contributed by atoms with Crippen LogP contribution in [0.2, 0.25) is 0 Å². The second-order valence-corrected chi connectivity index (χ2v) is 4.14. The minimum absolute atomic E-state index is 0.0839. The van der Waals surface area contributed by atoms with Crippen molar-refractivity contribution in [1.29, 1.82) is 0 Å². The fourth-order valence-electron chi connectivity index (χ4n) is 1.37. The number of carboxylic acid groups (broad SMARTS) is 1. The molecule has 16 heavy (non-hydrogen) atoms. The third-order valence-electron chi connectivity index (χ3n) is 2.65. The lowest BCUT2D eigenvalue weighted by molar-refractivity contribution is -0.156. The summed E-state index contributed by atoms with van der Waals surface area (Å²) in [5.41, 5.74) is -1.67. The van der Waals surface area contributed by atoms with E-state index in [9.17, 15) is 9.90 Å². The third-order valence-corrected chi connectivity index (χ3v) is 2.65. The highest BCUT2D eigenvalue weighted by molar-refractivity contribution is 5.76. The number of carbonyl (C=O) groups is 1. The summed E-state index contributed by atoms with van der Waals surface area (Å²) in [4.78, 5) is 12.9. The molecule has 0 aliphatic heterocycles. The van der Waals surface area contributed by atoms with Crippen LogP contribution in [0.5, 0.6) is 0 Å². The number of hydrogen-bond acceptors (Lipinski definition) is 4. The molecule has 5 heteroatoms. The maximum Gasteiger partial charge on any atom is 0.336 e. The molecule has 0 spiro atoms. The van der Waals surface area contributed by atoms with Gasteiger partial charge in [0.2, 0.25) is 0 Å². The highest BCUT2D eigenvalue weighted by atomic mass is 16.4. The zero-order valence-corrected chi connectivity index (χ0v) is 10.5. The molecule has 0 heterocycles. The lowest BCUT2D eigenvalue weighted by Gasteiger charge is -2.20. The largest absolute Gasteiger partial charge is 0.479 e. The summed E-state index contributed by atoms with van der Waals surface area (Å²) in [7, 11) is 0. The first-order valence-electron chi connectivity index (χ1n) is 5.82. The Morgan fingerprint density at radius 2 is 1.94 bits per heavy atom. The van der Waals surface area contributed by atoms with E-state index in [4.69, 9.17) is 5.11 Å². The average molecular weight is 232 g/mol. The fourth-order valence-corrected chi connectivity index (χ4v) is 1.37. The lowest BCUT2D eigenvalue weighted by Crippen LogP contribution is -2.45. The van der Waals surface area contributed by atoms with E-state index in [2.05, 4.69) is 24.1 Å². The van der Waals surface area contributed by atoms with Gasteiger partial charge in [-0.1, -0.05) is 13.8 Å². The number of aliphatic carboxylic acids is 1. The van der Waals surface area contributed by atoms with Gasteiger partial charge in [0.05, 0.1) is 0 Å². The molecule has 0 amide bonds. The first-order chi connectivity index (χ1) is 7.44. The van der Waals surface area contributed by atoms with E-state index in [1.54, 1.807) is 0 Å². The van der Waals surface area contributed by atoms with E-state index in [0.717, 1.165) is 32.6 Å². The molecule has 0 bridgehead atoms. The van der Waals surface area contributed by atoms with Crippen molar-refractivity contribution < 1.29 is 15.0 Å². The van der Waals surface area contributed by atoms with Crippen LogP contribution in [0, 0.1) is 0 Å². The van der Waals surface area contributed by atoms with Gasteiger partial charge in [0.25, 0.3) is 0 Å². The molecule has 0 aromatic rings. The summed E-state index contributed by atoms with van der Waals surface area (Å²) in [5, 5.41) is 21.0. The van der Waals surface area contributed by atoms with Crippen molar-refractivity contribution in [1.82, 2.24) is 10.2 Å². The third kappa shape index (κ3) is 6.05. The minimum Gasteiger partial charge on any atom is -0.479 e. The molecule has 0 aromatic heterocycles. The van der Waals surface area contributed by atoms with Gasteiger partial charge in [-0.3, -0.25) is 0 Å². The summed E-state index contributed by atoms with van der Waals surface area (Å²) in [6.45, 7) is 9.40. The normalized spacial score (nSPS) is 15.1. The van der Waals surface area contributed by atoms with Crippen LogP contribution in [0.3, 0.4) is 0 Å². The Morgan fingerprint density at radius 3 is 2.38 bits per heavy atom. The molecular formula is C11H24N2O3. The second-order valence-electron chi connectivity index (χ2n) is 4.14. The van der Waals surface area contributed by atoms with Crippen LogP contribution >= 0.6 is 0 Å². The van der Waals surface area contributed by atoms with E-state index in [-0.39, 0.29) is 6.54 Å². The van der Waals surface area contributed by atoms with Crippen molar-refractivity contribution in [2.75, 3.05) is 32.7 Å². The van der Waals surface area contributed by atoms with Crippen molar-refractivity contribution in [2.45, 2.75) is 32.8 Å². The molecule has 1 unspecified atom stereocenters. The molecular weight excluding hydrogens is 208 g/mol. The average Bonchev–Trinajstić information content (AvgIpc) is 2.23. The predicted molar refractivity (Wildman–Crippen MR) is 63.5 cm³/mol. The van der Waals surface area contributed by atoms with Gasteiger partial charge in [0, 0.05) is 6.54 Å². The summed E-state index contributed by atoms with van der Waals surface area (Å²) in [5.74, 6) is -1.19. The van der Waals surface area contributed by atoms with Gasteiger partial charge in [0.1, 0.15) is 0 Å². The smallest absolute Gasteiger partial charge is 0.336 e. The van der Waals surface area contributed by atoms with Crippen LogP contribution in [-0.2, 0) is 4.79 Å². The molecule has 1 atom stereocenters. The summed E-state index contributed by atoms with van der Waals surface area (Å²) < 4.78 is 0. The van der Waals surface area contributed by atoms with E-state index < -0.39 is 11.6 Å². The maximum atomic E-state index is 10.6. The van der Waals surface area contributed by atoms with Crippen LogP contribution in [-0.4, -0.2) is 59.4 Å². The highest BCUT2D eigenvalue weighted by Gasteiger charge is 2.28. The topological polar surface area (TPSA) is 72.8 Å². The highest BCUT2D eigenvalue weighted by Crippen LogP contribution is 2.00. The van der Waals surface area contributed by atoms with Crippen molar-refractivity contribution in [3.05, 3.63) is 0 Å². The maximum absolute atomic E-state index is 10.6. The Kier molecular flexibility index (Phi) is 7.29. The Morgan fingerprint density at radius 1 is 1.38 bits per heavy atom.